The number of benzene rings is 1. The lowest BCUT2D eigenvalue weighted by molar-refractivity contribution is -0.0227. The summed E-state index contributed by atoms with van der Waals surface area (Å²) in [6, 6.07) is 11.3. The lowest BCUT2D eigenvalue weighted by Gasteiger charge is -2.33. The normalized spacial score (nSPS) is 18.3. The van der Waals surface area contributed by atoms with E-state index in [0.717, 1.165) is 11.3 Å². The van der Waals surface area contributed by atoms with E-state index in [1.165, 1.54) is 11.3 Å². The molecule has 1 atom stereocenters. The van der Waals surface area contributed by atoms with Gasteiger partial charge in [-0.05, 0) is 29.8 Å². The van der Waals surface area contributed by atoms with E-state index in [9.17, 15) is 4.79 Å². The minimum absolute atomic E-state index is 0.00750. The quantitative estimate of drug-likeness (QED) is 0.858. The summed E-state index contributed by atoms with van der Waals surface area (Å²) in [6.07, 6.45) is -0.136. The van der Waals surface area contributed by atoms with Crippen LogP contribution in [0.2, 0.25) is 4.34 Å². The van der Waals surface area contributed by atoms with Crippen molar-refractivity contribution in [2.45, 2.75) is 6.10 Å². The van der Waals surface area contributed by atoms with Crippen LogP contribution in [0.5, 0.6) is 5.75 Å². The molecule has 0 bridgehead atoms. The van der Waals surface area contributed by atoms with Crippen molar-refractivity contribution in [3.63, 3.8) is 0 Å². The van der Waals surface area contributed by atoms with Gasteiger partial charge in [0, 0.05) is 6.54 Å². The topological polar surface area (TPSA) is 38.8 Å². The van der Waals surface area contributed by atoms with Gasteiger partial charge in [0.25, 0.3) is 5.91 Å². The Kier molecular flexibility index (Phi) is 4.66. The van der Waals surface area contributed by atoms with E-state index < -0.39 is 0 Å². The lowest BCUT2D eigenvalue weighted by atomic mass is 10.1. The summed E-state index contributed by atoms with van der Waals surface area (Å²) in [7, 11) is 1.64. The maximum absolute atomic E-state index is 12.5. The van der Waals surface area contributed by atoms with E-state index in [1.54, 1.807) is 19.2 Å². The number of methoxy groups -OCH3 is 1. The van der Waals surface area contributed by atoms with Crippen LogP contribution < -0.4 is 4.74 Å². The van der Waals surface area contributed by atoms with Crippen molar-refractivity contribution >= 4 is 28.8 Å². The van der Waals surface area contributed by atoms with Crippen molar-refractivity contribution in [3.8, 4) is 5.75 Å². The fraction of sp³-hybridized carbons (Fsp3) is 0.312. The molecule has 0 saturated carbocycles. The van der Waals surface area contributed by atoms with Gasteiger partial charge in [-0.25, -0.2) is 0 Å². The third-order valence-electron chi connectivity index (χ3n) is 3.60. The van der Waals surface area contributed by atoms with Gasteiger partial charge in [0.15, 0.2) is 0 Å². The minimum Gasteiger partial charge on any atom is -0.497 e. The number of ether oxygens (including phenoxy) is 2. The average molecular weight is 338 g/mol. The molecule has 1 fully saturated rings. The first kappa shape index (κ1) is 15.3. The van der Waals surface area contributed by atoms with Gasteiger partial charge in [-0.1, -0.05) is 23.7 Å². The average Bonchev–Trinajstić information content (AvgIpc) is 3.01. The summed E-state index contributed by atoms with van der Waals surface area (Å²) >= 11 is 7.22. The second-order valence-electron chi connectivity index (χ2n) is 4.99. The van der Waals surface area contributed by atoms with Crippen LogP contribution in [0.1, 0.15) is 21.3 Å². The molecule has 0 N–H and O–H groups in total. The van der Waals surface area contributed by atoms with Gasteiger partial charge in [-0.2, -0.15) is 0 Å². The smallest absolute Gasteiger partial charge is 0.264 e. The maximum atomic E-state index is 12.5. The number of hydrogen-bond acceptors (Lipinski definition) is 4. The number of nitrogens with zero attached hydrogens (tertiary/aromatic N) is 1. The number of carbonyl (C=O) groups excluding carboxylic acids is 1. The molecule has 1 aliphatic heterocycles. The van der Waals surface area contributed by atoms with Crippen LogP contribution in [-0.2, 0) is 4.74 Å². The molecule has 2 aromatic rings. The lowest BCUT2D eigenvalue weighted by Crippen LogP contribution is -2.42. The molecule has 1 aromatic heterocycles. The summed E-state index contributed by atoms with van der Waals surface area (Å²) in [4.78, 5) is 15.0. The molecule has 3 rings (SSSR count). The molecule has 2 heterocycles. The third kappa shape index (κ3) is 3.27. The highest BCUT2D eigenvalue weighted by molar-refractivity contribution is 7.17. The molecular weight excluding hydrogens is 322 g/mol. The van der Waals surface area contributed by atoms with Crippen LogP contribution in [0.15, 0.2) is 36.4 Å². The molecule has 1 saturated heterocycles. The van der Waals surface area contributed by atoms with Gasteiger partial charge in [-0.3, -0.25) is 4.79 Å². The fourth-order valence-corrected chi connectivity index (χ4v) is 3.47. The van der Waals surface area contributed by atoms with Crippen LogP contribution in [0, 0.1) is 0 Å². The Labute approximate surface area is 138 Å². The molecule has 22 heavy (non-hydrogen) atoms. The van der Waals surface area contributed by atoms with Crippen molar-refractivity contribution in [1.29, 1.82) is 0 Å². The first-order chi connectivity index (χ1) is 10.7. The molecule has 0 aliphatic carbocycles. The number of morpholine rings is 1. The zero-order valence-electron chi connectivity index (χ0n) is 12.1. The number of halogens is 1. The Balaban J connectivity index is 1.75. The molecule has 0 spiro atoms. The number of thiophene rings is 1. The van der Waals surface area contributed by atoms with Crippen molar-refractivity contribution < 1.29 is 14.3 Å². The molecular formula is C16H16ClNO3S. The highest BCUT2D eigenvalue weighted by Gasteiger charge is 2.27. The van der Waals surface area contributed by atoms with Crippen LogP contribution in [0.3, 0.4) is 0 Å². The summed E-state index contributed by atoms with van der Waals surface area (Å²) in [5.41, 5.74) is 1.01. The van der Waals surface area contributed by atoms with Gasteiger partial charge < -0.3 is 14.4 Å². The highest BCUT2D eigenvalue weighted by Crippen LogP contribution is 2.28. The zero-order valence-corrected chi connectivity index (χ0v) is 13.7. The maximum Gasteiger partial charge on any atom is 0.264 e. The van der Waals surface area contributed by atoms with Crippen molar-refractivity contribution in [2.75, 3.05) is 26.8 Å². The second-order valence-corrected chi connectivity index (χ2v) is 6.71. The first-order valence-electron chi connectivity index (χ1n) is 6.97. The molecule has 0 unspecified atom stereocenters. The van der Waals surface area contributed by atoms with Gasteiger partial charge in [0.05, 0.1) is 29.5 Å². The van der Waals surface area contributed by atoms with E-state index in [-0.39, 0.29) is 12.0 Å². The molecule has 1 amide bonds. The summed E-state index contributed by atoms with van der Waals surface area (Å²) in [5, 5.41) is 0. The van der Waals surface area contributed by atoms with Gasteiger partial charge >= 0.3 is 0 Å². The summed E-state index contributed by atoms with van der Waals surface area (Å²) < 4.78 is 11.7. The third-order valence-corrected chi connectivity index (χ3v) is 4.82. The summed E-state index contributed by atoms with van der Waals surface area (Å²) in [5.74, 6) is 0.794. The van der Waals surface area contributed by atoms with Gasteiger partial charge in [0.1, 0.15) is 11.9 Å². The van der Waals surface area contributed by atoms with E-state index in [2.05, 4.69) is 0 Å². The first-order valence-corrected chi connectivity index (χ1v) is 8.17. The van der Waals surface area contributed by atoms with Gasteiger partial charge in [-0.15, -0.1) is 11.3 Å². The van der Waals surface area contributed by atoms with Gasteiger partial charge in [0.2, 0.25) is 0 Å². The van der Waals surface area contributed by atoms with E-state index >= 15 is 0 Å². The Morgan fingerprint density at radius 1 is 1.41 bits per heavy atom. The second kappa shape index (κ2) is 6.69. The largest absolute Gasteiger partial charge is 0.497 e. The Morgan fingerprint density at radius 3 is 3.00 bits per heavy atom. The Morgan fingerprint density at radius 2 is 2.27 bits per heavy atom. The fourth-order valence-electron chi connectivity index (χ4n) is 2.46. The van der Waals surface area contributed by atoms with Crippen LogP contribution in [0.4, 0.5) is 0 Å². The standard InChI is InChI=1S/C16H16ClNO3S/c1-20-12-4-2-3-11(9-12)13-10-18(7-8-21-13)16(19)14-5-6-15(17)22-14/h2-6,9,13H,7-8,10H2,1H3/t13-/m0/s1. The zero-order chi connectivity index (χ0) is 15.5. The predicted molar refractivity (Wildman–Crippen MR) is 86.9 cm³/mol. The molecule has 1 aromatic carbocycles. The number of hydrogen-bond donors (Lipinski definition) is 0. The van der Waals surface area contributed by atoms with Crippen LogP contribution in [-0.4, -0.2) is 37.6 Å². The molecule has 1 aliphatic rings. The van der Waals surface area contributed by atoms with E-state index in [0.29, 0.717) is 28.9 Å². The molecule has 0 radical (unpaired) electrons. The van der Waals surface area contributed by atoms with E-state index in [4.69, 9.17) is 21.1 Å². The number of rotatable bonds is 3. The Bertz CT molecular complexity index is 673. The monoisotopic (exact) mass is 337 g/mol. The number of amides is 1. The van der Waals surface area contributed by atoms with E-state index in [1.807, 2.05) is 29.2 Å². The van der Waals surface area contributed by atoms with Crippen LogP contribution >= 0.6 is 22.9 Å². The molecule has 116 valence electrons. The molecule has 6 heteroatoms. The highest BCUT2D eigenvalue weighted by atomic mass is 35.5. The number of carbonyl (C=O) groups is 1. The SMILES string of the molecule is COc1cccc([C@@H]2CN(C(=O)c3ccc(Cl)s3)CCO2)c1. The van der Waals surface area contributed by atoms with Crippen LogP contribution in [0.25, 0.3) is 0 Å². The minimum atomic E-state index is -0.136. The predicted octanol–water partition coefficient (Wildman–Crippen LogP) is 3.62. The van der Waals surface area contributed by atoms with Crippen molar-refractivity contribution in [3.05, 3.63) is 51.2 Å². The summed E-state index contributed by atoms with van der Waals surface area (Å²) in [6.45, 7) is 1.64. The van der Waals surface area contributed by atoms with Crippen molar-refractivity contribution in [1.82, 2.24) is 4.90 Å². The molecule has 4 nitrogen and oxygen atoms in total. The Hall–Kier alpha value is -1.56. The van der Waals surface area contributed by atoms with Crippen molar-refractivity contribution in [2.24, 2.45) is 0 Å².